The highest BCUT2D eigenvalue weighted by Crippen LogP contribution is 2.30. The molecule has 0 saturated carbocycles. The van der Waals surface area contributed by atoms with Crippen molar-refractivity contribution in [3.05, 3.63) is 41.9 Å². The summed E-state index contributed by atoms with van der Waals surface area (Å²) in [6.07, 6.45) is -8.87. The summed E-state index contributed by atoms with van der Waals surface area (Å²) in [6, 6.07) is 8.25. The first-order valence-electron chi connectivity index (χ1n) is 18.7. The van der Waals surface area contributed by atoms with Crippen molar-refractivity contribution in [2.24, 2.45) is 0 Å². The average Bonchev–Trinajstić information content (AvgIpc) is 3.48. The summed E-state index contributed by atoms with van der Waals surface area (Å²) < 4.78 is 83.8. The second-order valence-corrected chi connectivity index (χ2v) is 14.2. The molecular formula is C38H53F6N7O9. The second kappa shape index (κ2) is 22.4. The molecule has 0 spiro atoms. The number of nitrogens with zero attached hydrogens (tertiary/aromatic N) is 6. The van der Waals surface area contributed by atoms with Crippen molar-refractivity contribution in [3.63, 3.8) is 0 Å². The van der Waals surface area contributed by atoms with Crippen LogP contribution < -0.4 is 19.9 Å². The lowest BCUT2D eigenvalue weighted by Gasteiger charge is -2.33. The van der Waals surface area contributed by atoms with E-state index in [-0.39, 0.29) is 12.5 Å². The standard InChI is InChI=1S/C34H51N7O5.2C2HF3O2/c1-9-40-28-22-26(25-11-12-29(35-23-25)38-15-13-37(6)14-16-38)21-27(32(42)39(17-19-44-7)18-20-45-8)31(28)41(10-2)30(40)24-36-33(43)46-34(3,4)5;2*3-2(4,5)1(6)7/h11-12,21-23H,9-10,13-20,24H2,1-8H3;2*(H,6,7). The molecule has 1 saturated heterocycles. The smallest absolute Gasteiger partial charge is 0.490 e. The number of alkyl carbamates (subject to hydrolysis) is 1. The summed E-state index contributed by atoms with van der Waals surface area (Å²) in [4.78, 5) is 56.0. The number of anilines is 1. The number of piperazine rings is 1. The highest BCUT2D eigenvalue weighted by molar-refractivity contribution is 6.05. The molecule has 1 fully saturated rings. The maximum atomic E-state index is 14.4. The van der Waals surface area contributed by atoms with Crippen molar-refractivity contribution in [1.82, 2.24) is 24.7 Å². The molecule has 0 atom stereocenters. The average molecular weight is 866 g/mol. The molecule has 1 aromatic carbocycles. The molecule has 16 nitrogen and oxygen atoms in total. The Morgan fingerprint density at radius 1 is 0.917 bits per heavy atom. The van der Waals surface area contributed by atoms with Gasteiger partial charge in [0.05, 0.1) is 31.9 Å². The van der Waals surface area contributed by atoms with Crippen molar-refractivity contribution >= 4 is 40.8 Å². The Morgan fingerprint density at radius 2 is 1.47 bits per heavy atom. The van der Waals surface area contributed by atoms with Crippen LogP contribution in [0.4, 0.5) is 37.0 Å². The maximum Gasteiger partial charge on any atom is 0.490 e. The normalized spacial score (nSPS) is 13.5. The molecule has 2 amide bonds. The number of ether oxygens (including phenoxy) is 3. The molecule has 0 radical (unpaired) electrons. The number of aromatic nitrogens is 3. The molecule has 0 aliphatic carbocycles. The lowest BCUT2D eigenvalue weighted by atomic mass is 10.0. The zero-order valence-corrected chi connectivity index (χ0v) is 34.8. The molecule has 4 rings (SSSR count). The van der Waals surface area contributed by atoms with Gasteiger partial charge in [0, 0.05) is 65.2 Å². The Bertz CT molecular complexity index is 1860. The fourth-order valence-corrected chi connectivity index (χ4v) is 5.87. The monoisotopic (exact) mass is 865 g/mol. The number of aliphatic carboxylic acids is 2. The number of pyridine rings is 1. The number of halogens is 6. The summed E-state index contributed by atoms with van der Waals surface area (Å²) in [5, 5.41) is 18.8. The van der Waals surface area contributed by atoms with Gasteiger partial charge in [-0.05, 0) is 71.5 Å². The SMILES string of the molecule is CCn1c(CNC(=O)OC(C)(C)C)[n+](CC)c2c(C(=O)N(CCOC)CCOC)cc(-c3ccc(N4CCN(C)CC4)nc3)cc21.O=C(O)C(F)(F)F.O=C([O-])C(F)(F)F. The van der Waals surface area contributed by atoms with Gasteiger partial charge in [-0.3, -0.25) is 4.79 Å². The first-order valence-corrected chi connectivity index (χ1v) is 18.7. The lowest BCUT2D eigenvalue weighted by molar-refractivity contribution is -0.676. The van der Waals surface area contributed by atoms with Crippen LogP contribution in [0.25, 0.3) is 22.2 Å². The van der Waals surface area contributed by atoms with E-state index in [4.69, 9.17) is 39.0 Å². The Kier molecular flexibility index (Phi) is 19.0. The van der Waals surface area contributed by atoms with Crippen LogP contribution in [0.15, 0.2) is 30.5 Å². The van der Waals surface area contributed by atoms with Crippen molar-refractivity contribution in [1.29, 1.82) is 0 Å². The number of benzene rings is 1. The molecule has 3 heterocycles. The van der Waals surface area contributed by atoms with Gasteiger partial charge in [-0.2, -0.15) is 26.3 Å². The first kappa shape index (κ1) is 50.9. The number of imidazole rings is 1. The van der Waals surface area contributed by atoms with Gasteiger partial charge in [-0.1, -0.05) is 0 Å². The number of hydrogen-bond acceptors (Lipinski definition) is 11. The number of methoxy groups -OCH3 is 2. The number of carbonyl (C=O) groups is 4. The molecule has 2 aromatic heterocycles. The van der Waals surface area contributed by atoms with E-state index in [1.54, 1.807) is 19.1 Å². The molecule has 1 aliphatic heterocycles. The van der Waals surface area contributed by atoms with Gasteiger partial charge in [-0.25, -0.2) is 23.7 Å². The van der Waals surface area contributed by atoms with E-state index in [0.29, 0.717) is 45.0 Å². The Morgan fingerprint density at radius 3 is 1.88 bits per heavy atom. The molecule has 2 N–H and O–H groups in total. The van der Waals surface area contributed by atoms with Crippen molar-refractivity contribution < 1.29 is 74.5 Å². The molecule has 3 aromatic rings. The summed E-state index contributed by atoms with van der Waals surface area (Å²) >= 11 is 0. The van der Waals surface area contributed by atoms with E-state index < -0.39 is 36.0 Å². The Labute approximate surface area is 343 Å². The van der Waals surface area contributed by atoms with Gasteiger partial charge in [-0.15, -0.1) is 0 Å². The lowest BCUT2D eigenvalue weighted by Crippen LogP contribution is -2.44. The largest absolute Gasteiger partial charge is 0.542 e. The number of rotatable bonds is 13. The van der Waals surface area contributed by atoms with Gasteiger partial charge in [0.25, 0.3) is 11.7 Å². The number of amides is 2. The van der Waals surface area contributed by atoms with Crippen molar-refractivity contribution in [3.8, 4) is 11.1 Å². The van der Waals surface area contributed by atoms with Gasteiger partial charge in [0.15, 0.2) is 11.0 Å². The minimum Gasteiger partial charge on any atom is -0.542 e. The van der Waals surface area contributed by atoms with Gasteiger partial charge in [0.1, 0.15) is 23.9 Å². The number of carbonyl (C=O) groups excluding carboxylic acids is 3. The maximum absolute atomic E-state index is 14.4. The third-order valence-corrected chi connectivity index (χ3v) is 8.73. The fraction of sp³-hybridized carbons (Fsp3) is 0.579. The highest BCUT2D eigenvalue weighted by atomic mass is 19.4. The zero-order valence-electron chi connectivity index (χ0n) is 34.8. The molecule has 336 valence electrons. The summed E-state index contributed by atoms with van der Waals surface area (Å²) in [5.74, 6) is -4.04. The number of fused-ring (bicyclic) bond motifs is 1. The van der Waals surface area contributed by atoms with Crippen molar-refractivity contribution in [2.45, 2.75) is 72.2 Å². The molecule has 22 heteroatoms. The molecule has 0 unspecified atom stereocenters. The van der Waals surface area contributed by atoms with E-state index >= 15 is 0 Å². The Hall–Kier alpha value is -5.22. The quantitative estimate of drug-likeness (QED) is 0.189. The molecule has 1 aliphatic rings. The second-order valence-electron chi connectivity index (χ2n) is 14.2. The van der Waals surface area contributed by atoms with Crippen LogP contribution in [-0.2, 0) is 43.4 Å². The van der Waals surface area contributed by atoms with Gasteiger partial charge < -0.3 is 49.2 Å². The van der Waals surface area contributed by atoms with Crippen LogP contribution in [0.1, 0.15) is 50.8 Å². The number of carboxylic acids is 2. The van der Waals surface area contributed by atoms with Crippen LogP contribution in [-0.4, -0.2) is 140 Å². The van der Waals surface area contributed by atoms with Crippen molar-refractivity contribution in [2.75, 3.05) is 78.6 Å². The third kappa shape index (κ3) is 15.1. The van der Waals surface area contributed by atoms with Crippen LogP contribution in [0, 0.1) is 0 Å². The van der Waals surface area contributed by atoms with Gasteiger partial charge >= 0.3 is 24.4 Å². The van der Waals surface area contributed by atoms with Crippen LogP contribution in [0.3, 0.4) is 0 Å². The highest BCUT2D eigenvalue weighted by Gasteiger charge is 2.38. The van der Waals surface area contributed by atoms with Crippen LogP contribution in [0.5, 0.6) is 0 Å². The molecular weight excluding hydrogens is 812 g/mol. The number of likely N-dealkylation sites (N-methyl/N-ethyl adjacent to an activating group) is 1. The van der Waals surface area contributed by atoms with E-state index in [1.165, 1.54) is 0 Å². The number of alkyl halides is 6. The first-order chi connectivity index (χ1) is 27.9. The molecule has 60 heavy (non-hydrogen) atoms. The van der Waals surface area contributed by atoms with E-state index in [0.717, 1.165) is 60.0 Å². The van der Waals surface area contributed by atoms with Gasteiger partial charge in [0.2, 0.25) is 0 Å². The summed E-state index contributed by atoms with van der Waals surface area (Å²) in [6.45, 7) is 16.7. The summed E-state index contributed by atoms with van der Waals surface area (Å²) in [5.41, 5.74) is 3.52. The third-order valence-electron chi connectivity index (χ3n) is 8.73. The minimum absolute atomic E-state index is 0.106. The van der Waals surface area contributed by atoms with E-state index in [2.05, 4.69) is 56.4 Å². The van der Waals surface area contributed by atoms with E-state index in [1.807, 2.05) is 40.0 Å². The van der Waals surface area contributed by atoms with Crippen LogP contribution >= 0.6 is 0 Å². The van der Waals surface area contributed by atoms with Crippen LogP contribution in [0.2, 0.25) is 0 Å². The number of aryl methyl sites for hydroxylation is 2. The topological polar surface area (TPSA) is 183 Å². The number of carboxylic acid groups (broad SMARTS) is 2. The zero-order chi connectivity index (χ0) is 45.6. The minimum atomic E-state index is -5.19. The molecule has 0 bridgehead atoms. The number of nitrogens with one attached hydrogen (secondary N) is 1. The Balaban J connectivity index is 0.000000758. The fourth-order valence-electron chi connectivity index (χ4n) is 5.87. The number of hydrogen-bond donors (Lipinski definition) is 2. The van der Waals surface area contributed by atoms with E-state index in [9.17, 15) is 35.9 Å². The predicted molar refractivity (Wildman–Crippen MR) is 204 cm³/mol. The summed E-state index contributed by atoms with van der Waals surface area (Å²) in [7, 11) is 5.40. The predicted octanol–water partition coefficient (Wildman–Crippen LogP) is 3.47.